The summed E-state index contributed by atoms with van der Waals surface area (Å²) in [6.45, 7) is 0. The van der Waals surface area contributed by atoms with E-state index in [1.165, 1.54) is 13.3 Å². The van der Waals surface area contributed by atoms with Crippen LogP contribution >= 0.6 is 23.6 Å². The molecular weight excluding hydrogens is 309 g/mol. The van der Waals surface area contributed by atoms with Crippen molar-refractivity contribution in [1.29, 1.82) is 0 Å². The number of rotatable bonds is 7. The second-order valence-corrected chi connectivity index (χ2v) is 3.84. The van der Waals surface area contributed by atoms with E-state index in [9.17, 15) is 10.1 Å². The molecule has 19 heavy (non-hydrogen) atoms. The quantitative estimate of drug-likeness (QED) is 0.190. The molecule has 11 heteroatoms. The summed E-state index contributed by atoms with van der Waals surface area (Å²) >= 11 is 5.96. The molecule has 0 aromatic carbocycles. The Morgan fingerprint density at radius 1 is 1.63 bits per heavy atom. The van der Waals surface area contributed by atoms with E-state index >= 15 is 0 Å². The number of hydrogen-bond acceptors (Lipinski definition) is 8. The van der Waals surface area contributed by atoms with Crippen molar-refractivity contribution in [3.8, 4) is 5.88 Å². The van der Waals surface area contributed by atoms with Gasteiger partial charge in [0, 0.05) is 12.3 Å². The van der Waals surface area contributed by atoms with Gasteiger partial charge >= 0.3 is 29.6 Å². The standard InChI is InChI=1S/C8H10ClN3O5S.Na/c1-15-7-8(18-17-16-14)10-4-5(12-7)11-6(13)2-3-9;/h4,14H,2-3H2,1H3,(H,11,12,13);/q;+1/p-1. The Balaban J connectivity index is 0.00000324. The molecule has 1 N–H and O–H groups in total. The normalized spacial score (nSPS) is 9.63. The molecule has 0 aliphatic heterocycles. The average Bonchev–Trinajstić information content (AvgIpc) is 2.37. The molecule has 100 valence electrons. The van der Waals surface area contributed by atoms with E-state index in [0.29, 0.717) is 12.0 Å². The van der Waals surface area contributed by atoms with Crippen LogP contribution in [0.1, 0.15) is 6.42 Å². The van der Waals surface area contributed by atoms with Crippen molar-refractivity contribution in [1.82, 2.24) is 9.97 Å². The van der Waals surface area contributed by atoms with Crippen LogP contribution < -0.4 is 44.9 Å². The molecule has 0 fully saturated rings. The van der Waals surface area contributed by atoms with Crippen LogP contribution in [0.2, 0.25) is 0 Å². The molecule has 0 saturated carbocycles. The summed E-state index contributed by atoms with van der Waals surface area (Å²) in [7, 11) is 1.36. The van der Waals surface area contributed by atoms with Gasteiger partial charge in [0.2, 0.25) is 5.91 Å². The van der Waals surface area contributed by atoms with Crippen LogP contribution in [0.3, 0.4) is 0 Å². The molecule has 1 aromatic heterocycles. The van der Waals surface area contributed by atoms with E-state index in [1.54, 1.807) is 0 Å². The number of nitrogens with one attached hydrogen (secondary N) is 1. The predicted molar refractivity (Wildman–Crippen MR) is 60.6 cm³/mol. The van der Waals surface area contributed by atoms with Gasteiger partial charge in [-0.15, -0.1) is 11.6 Å². The summed E-state index contributed by atoms with van der Waals surface area (Å²) in [5.41, 5.74) is 0. The number of ether oxygens (including phenoxy) is 1. The Kier molecular flexibility index (Phi) is 10.6. The molecule has 0 saturated heterocycles. The summed E-state index contributed by atoms with van der Waals surface area (Å²) in [4.78, 5) is 19.1. The van der Waals surface area contributed by atoms with Gasteiger partial charge in [-0.2, -0.15) is 9.32 Å². The van der Waals surface area contributed by atoms with Gasteiger partial charge in [-0.1, -0.05) is 0 Å². The number of alkyl halides is 1. The molecule has 0 aliphatic carbocycles. The minimum absolute atomic E-state index is 0. The van der Waals surface area contributed by atoms with Gasteiger partial charge in [-0.05, 0) is 0 Å². The average molecular weight is 318 g/mol. The molecule has 0 unspecified atom stereocenters. The third-order valence-electron chi connectivity index (χ3n) is 1.63. The summed E-state index contributed by atoms with van der Waals surface area (Å²) < 4.78 is 9.01. The van der Waals surface area contributed by atoms with Crippen LogP contribution in [0, 0.1) is 0 Å². The zero-order chi connectivity index (χ0) is 13.4. The predicted octanol–water partition coefficient (Wildman–Crippen LogP) is -2.71. The Hall–Kier alpha value is -0.130. The zero-order valence-electron chi connectivity index (χ0n) is 10.2. The first-order valence-electron chi connectivity index (χ1n) is 4.61. The van der Waals surface area contributed by atoms with E-state index in [4.69, 9.17) is 16.3 Å². The Bertz CT molecular complexity index is 414. The van der Waals surface area contributed by atoms with E-state index in [-0.39, 0.29) is 64.5 Å². The van der Waals surface area contributed by atoms with Crippen molar-refractivity contribution in [2.24, 2.45) is 0 Å². The number of aromatic nitrogens is 2. The van der Waals surface area contributed by atoms with Gasteiger partial charge in [0.25, 0.3) is 5.88 Å². The monoisotopic (exact) mass is 317 g/mol. The smallest absolute Gasteiger partial charge is 0.691 e. The molecule has 1 heterocycles. The van der Waals surface area contributed by atoms with E-state index in [1.807, 2.05) is 0 Å². The number of nitrogens with zero attached hydrogens (tertiary/aromatic N) is 2. The number of hydrogen-bond donors (Lipinski definition) is 1. The van der Waals surface area contributed by atoms with E-state index in [0.717, 1.165) is 0 Å². The van der Waals surface area contributed by atoms with Crippen molar-refractivity contribution in [3.05, 3.63) is 6.20 Å². The number of halogens is 1. The third kappa shape index (κ3) is 6.72. The fourth-order valence-corrected chi connectivity index (χ4v) is 1.51. The maximum Gasteiger partial charge on any atom is 1.00 e. The molecule has 0 radical (unpaired) electrons. The number of carbonyl (C=O) groups is 1. The molecule has 8 nitrogen and oxygen atoms in total. The molecule has 0 aliphatic rings. The van der Waals surface area contributed by atoms with Gasteiger partial charge in [0.15, 0.2) is 10.8 Å². The van der Waals surface area contributed by atoms with E-state index in [2.05, 4.69) is 24.7 Å². The fourth-order valence-electron chi connectivity index (χ4n) is 0.949. The Labute approximate surface area is 140 Å². The van der Waals surface area contributed by atoms with Gasteiger partial charge in [-0.3, -0.25) is 9.83 Å². The van der Waals surface area contributed by atoms with Crippen LogP contribution in [0.15, 0.2) is 11.2 Å². The first kappa shape index (κ1) is 18.9. The van der Waals surface area contributed by atoms with Crippen molar-refractivity contribution in [2.45, 2.75) is 11.4 Å². The van der Waals surface area contributed by atoms with E-state index < -0.39 is 0 Å². The van der Waals surface area contributed by atoms with Gasteiger partial charge < -0.3 is 15.3 Å². The Morgan fingerprint density at radius 2 is 2.37 bits per heavy atom. The number of amides is 1. The van der Waals surface area contributed by atoms with Crippen LogP contribution in [0.5, 0.6) is 5.88 Å². The molecule has 0 spiro atoms. The zero-order valence-corrected chi connectivity index (χ0v) is 13.8. The molecule has 0 bridgehead atoms. The maximum atomic E-state index is 11.3. The SMILES string of the molecule is COc1nc(NC(=O)CCCl)cnc1SOO[O-].[Na+]. The number of methoxy groups -OCH3 is 1. The topological polar surface area (TPSA) is 106 Å². The second-order valence-electron chi connectivity index (χ2n) is 2.78. The molecular formula is C8H9ClN3NaO5S. The minimum atomic E-state index is -0.291. The van der Waals surface area contributed by atoms with Crippen molar-refractivity contribution >= 4 is 35.4 Å². The van der Waals surface area contributed by atoms with Crippen LogP contribution in [-0.2, 0) is 14.2 Å². The van der Waals surface area contributed by atoms with Crippen LogP contribution in [0.4, 0.5) is 5.82 Å². The van der Waals surface area contributed by atoms with Crippen molar-refractivity contribution in [2.75, 3.05) is 18.3 Å². The van der Waals surface area contributed by atoms with Gasteiger partial charge in [-0.25, -0.2) is 4.98 Å². The first-order chi connectivity index (χ1) is 8.71. The van der Waals surface area contributed by atoms with Gasteiger partial charge in [0.05, 0.1) is 25.3 Å². The molecule has 1 aromatic rings. The Morgan fingerprint density at radius 3 is 2.95 bits per heavy atom. The summed E-state index contributed by atoms with van der Waals surface area (Å²) in [5, 5.41) is 15.5. The first-order valence-corrected chi connectivity index (χ1v) is 5.89. The third-order valence-corrected chi connectivity index (χ3v) is 2.38. The fraction of sp³-hybridized carbons (Fsp3) is 0.375. The summed E-state index contributed by atoms with van der Waals surface area (Å²) in [5.74, 6) is 0.204. The maximum absolute atomic E-state index is 11.3. The number of carbonyl (C=O) groups excluding carboxylic acids is 1. The number of anilines is 1. The van der Waals surface area contributed by atoms with Crippen molar-refractivity contribution < 1.29 is 53.7 Å². The van der Waals surface area contributed by atoms with Crippen molar-refractivity contribution in [3.63, 3.8) is 0 Å². The molecule has 1 amide bonds. The summed E-state index contributed by atoms with van der Waals surface area (Å²) in [6.07, 6.45) is 1.44. The minimum Gasteiger partial charge on any atom is -0.691 e. The summed E-state index contributed by atoms with van der Waals surface area (Å²) in [6, 6.07) is 0. The second kappa shape index (κ2) is 10.6. The largest absolute Gasteiger partial charge is 1.00 e. The van der Waals surface area contributed by atoms with Gasteiger partial charge in [0.1, 0.15) is 0 Å². The van der Waals surface area contributed by atoms with Crippen LogP contribution in [0.25, 0.3) is 0 Å². The molecule has 0 atom stereocenters. The van der Waals surface area contributed by atoms with Crippen LogP contribution in [-0.4, -0.2) is 28.9 Å². The molecule has 1 rings (SSSR count).